The Bertz CT molecular complexity index is 344. The summed E-state index contributed by atoms with van der Waals surface area (Å²) in [7, 11) is 0. The molecule has 0 radical (unpaired) electrons. The van der Waals surface area contributed by atoms with Crippen LogP contribution in [0.1, 0.15) is 74.1 Å². The topological polar surface area (TPSA) is 75.6 Å². The Morgan fingerprint density at radius 1 is 0.556 bits per heavy atom. The van der Waals surface area contributed by atoms with Crippen LogP contribution in [0, 0.1) is 0 Å². The summed E-state index contributed by atoms with van der Waals surface area (Å²) < 4.78 is 35.7. The lowest BCUT2D eigenvalue weighted by Gasteiger charge is -2.53. The van der Waals surface area contributed by atoms with Crippen LogP contribution in [-0.4, -0.2) is 62.3 Å². The van der Waals surface area contributed by atoms with E-state index in [4.69, 9.17) is 28.4 Å². The maximum absolute atomic E-state index is 11.5. The molecule has 0 unspecified atom stereocenters. The minimum Gasteiger partial charge on any atom is -0.345 e. The van der Waals surface area contributed by atoms with Gasteiger partial charge in [-0.3, -0.25) is 0 Å². The first-order valence-corrected chi connectivity index (χ1v) is 10.5. The van der Waals surface area contributed by atoms with Gasteiger partial charge in [-0.05, 0) is 48.0 Å². The highest BCUT2D eigenvalue weighted by atomic mass is 16.9. The highest BCUT2D eigenvalue weighted by Crippen LogP contribution is 2.46. The standard InChI is InChI=1S/C20H42O7/c1-8-15-16-17-18(22-9-2,23-10-3)19(24-11-4,25-12-5)20(21,26-13-6)27-14-7/h21H,8-17H2,1-7H3. The van der Waals surface area contributed by atoms with Gasteiger partial charge in [-0.1, -0.05) is 19.8 Å². The fraction of sp³-hybridized carbons (Fsp3) is 1.00. The molecule has 0 aromatic carbocycles. The normalized spacial score (nSPS) is 13.3. The van der Waals surface area contributed by atoms with Crippen molar-refractivity contribution in [2.45, 2.75) is 91.7 Å². The van der Waals surface area contributed by atoms with Crippen LogP contribution in [0.5, 0.6) is 0 Å². The molecule has 0 rings (SSSR count). The lowest BCUT2D eigenvalue weighted by Crippen LogP contribution is -2.74. The number of aliphatic hydroxyl groups is 1. The zero-order valence-electron chi connectivity index (χ0n) is 18.5. The van der Waals surface area contributed by atoms with Crippen molar-refractivity contribution in [3.05, 3.63) is 0 Å². The van der Waals surface area contributed by atoms with Gasteiger partial charge < -0.3 is 33.5 Å². The van der Waals surface area contributed by atoms with Gasteiger partial charge in [0.2, 0.25) is 5.79 Å². The molecule has 7 nitrogen and oxygen atoms in total. The zero-order chi connectivity index (χ0) is 20.8. The molecule has 7 heteroatoms. The van der Waals surface area contributed by atoms with Crippen LogP contribution in [0.2, 0.25) is 0 Å². The fourth-order valence-electron chi connectivity index (χ4n) is 3.33. The molecule has 0 aliphatic carbocycles. The summed E-state index contributed by atoms with van der Waals surface area (Å²) in [6.45, 7) is 14.6. The Labute approximate surface area is 165 Å². The third-order valence-electron chi connectivity index (χ3n) is 4.16. The molecule has 0 saturated carbocycles. The monoisotopic (exact) mass is 394 g/mol. The van der Waals surface area contributed by atoms with Gasteiger partial charge in [0.05, 0.1) is 0 Å². The van der Waals surface area contributed by atoms with Gasteiger partial charge in [-0.2, -0.15) is 0 Å². The SMILES string of the molecule is CCCCCC(OCC)(OCC)C(OCC)(OCC)C(O)(OCC)OCC. The van der Waals surface area contributed by atoms with Crippen molar-refractivity contribution in [2.75, 3.05) is 39.6 Å². The molecule has 27 heavy (non-hydrogen) atoms. The predicted octanol–water partition coefficient (Wildman–Crippen LogP) is 3.82. The third-order valence-corrected chi connectivity index (χ3v) is 4.16. The molecule has 1 N–H and O–H groups in total. The van der Waals surface area contributed by atoms with Crippen molar-refractivity contribution in [3.63, 3.8) is 0 Å². The fourth-order valence-corrected chi connectivity index (χ4v) is 3.33. The van der Waals surface area contributed by atoms with Gasteiger partial charge in [0.25, 0.3) is 0 Å². The molecule has 0 aromatic heterocycles. The van der Waals surface area contributed by atoms with Crippen LogP contribution in [0.4, 0.5) is 0 Å². The Morgan fingerprint density at radius 3 is 1.30 bits per heavy atom. The summed E-state index contributed by atoms with van der Waals surface area (Å²) in [5.41, 5.74) is 0. The van der Waals surface area contributed by atoms with E-state index in [1.165, 1.54) is 0 Å². The lowest BCUT2D eigenvalue weighted by atomic mass is 9.94. The largest absolute Gasteiger partial charge is 0.345 e. The van der Waals surface area contributed by atoms with Crippen LogP contribution in [-0.2, 0) is 28.4 Å². The highest BCUT2D eigenvalue weighted by molar-refractivity contribution is 4.97. The van der Waals surface area contributed by atoms with Crippen LogP contribution in [0.3, 0.4) is 0 Å². The smallest absolute Gasteiger partial charge is 0.344 e. The first kappa shape index (κ1) is 26.7. The van der Waals surface area contributed by atoms with E-state index in [0.29, 0.717) is 19.6 Å². The Hall–Kier alpha value is -0.280. The molecule has 0 spiro atoms. The summed E-state index contributed by atoms with van der Waals surface area (Å²) in [6, 6.07) is 0. The number of hydrogen-bond donors (Lipinski definition) is 1. The molecule has 0 aliphatic rings. The lowest BCUT2D eigenvalue weighted by molar-refractivity contribution is -0.545. The molecule has 0 aromatic rings. The van der Waals surface area contributed by atoms with Crippen molar-refractivity contribution in [3.8, 4) is 0 Å². The first-order chi connectivity index (χ1) is 12.9. The van der Waals surface area contributed by atoms with E-state index in [0.717, 1.165) is 19.3 Å². The molecule has 0 atom stereocenters. The van der Waals surface area contributed by atoms with Gasteiger partial charge >= 0.3 is 11.8 Å². The van der Waals surface area contributed by atoms with Crippen molar-refractivity contribution in [1.29, 1.82) is 0 Å². The van der Waals surface area contributed by atoms with E-state index < -0.39 is 17.5 Å². The van der Waals surface area contributed by atoms with Gasteiger partial charge in [0.15, 0.2) is 0 Å². The molecule has 0 saturated heterocycles. The minimum absolute atomic E-state index is 0.196. The van der Waals surface area contributed by atoms with Gasteiger partial charge in [0.1, 0.15) is 0 Å². The van der Waals surface area contributed by atoms with E-state index in [9.17, 15) is 5.11 Å². The maximum atomic E-state index is 11.5. The second-order valence-corrected chi connectivity index (χ2v) is 6.01. The molecular formula is C20H42O7. The molecule has 0 fully saturated rings. The summed E-state index contributed by atoms with van der Waals surface area (Å²) in [6.07, 6.45) is 3.29. The van der Waals surface area contributed by atoms with Crippen molar-refractivity contribution < 1.29 is 33.5 Å². The van der Waals surface area contributed by atoms with Gasteiger partial charge in [-0.15, -0.1) is 0 Å². The summed E-state index contributed by atoms with van der Waals surface area (Å²) in [4.78, 5) is 0. The Kier molecular flexibility index (Phi) is 13.7. The zero-order valence-corrected chi connectivity index (χ0v) is 18.5. The van der Waals surface area contributed by atoms with E-state index in [2.05, 4.69) is 6.92 Å². The molecule has 0 amide bonds. The Morgan fingerprint density at radius 2 is 0.963 bits per heavy atom. The number of unbranched alkanes of at least 4 members (excludes halogenated alkanes) is 2. The van der Waals surface area contributed by atoms with Crippen molar-refractivity contribution in [1.82, 2.24) is 0 Å². The second kappa shape index (κ2) is 13.8. The van der Waals surface area contributed by atoms with Crippen LogP contribution in [0.15, 0.2) is 0 Å². The number of hydrogen-bond acceptors (Lipinski definition) is 7. The van der Waals surface area contributed by atoms with Crippen LogP contribution < -0.4 is 0 Å². The third kappa shape index (κ3) is 6.35. The minimum atomic E-state index is -2.20. The summed E-state index contributed by atoms with van der Waals surface area (Å²) >= 11 is 0. The number of ether oxygens (including phenoxy) is 6. The Balaban J connectivity index is 6.51. The van der Waals surface area contributed by atoms with E-state index in [1.54, 1.807) is 13.8 Å². The average molecular weight is 395 g/mol. The van der Waals surface area contributed by atoms with E-state index in [1.807, 2.05) is 27.7 Å². The maximum Gasteiger partial charge on any atom is 0.344 e. The average Bonchev–Trinajstić information content (AvgIpc) is 2.62. The molecule has 0 aliphatic heterocycles. The van der Waals surface area contributed by atoms with E-state index in [-0.39, 0.29) is 26.4 Å². The molecule has 0 bridgehead atoms. The van der Waals surface area contributed by atoms with E-state index >= 15 is 0 Å². The number of rotatable bonds is 18. The van der Waals surface area contributed by atoms with Crippen LogP contribution in [0.25, 0.3) is 0 Å². The van der Waals surface area contributed by atoms with Crippen LogP contribution >= 0.6 is 0 Å². The second-order valence-electron chi connectivity index (χ2n) is 6.01. The van der Waals surface area contributed by atoms with Gasteiger partial charge in [-0.25, -0.2) is 0 Å². The quantitative estimate of drug-likeness (QED) is 0.280. The summed E-state index contributed by atoms with van der Waals surface area (Å²) in [5, 5.41) is 11.5. The van der Waals surface area contributed by atoms with Gasteiger partial charge in [0, 0.05) is 46.1 Å². The van der Waals surface area contributed by atoms with Crippen molar-refractivity contribution in [2.24, 2.45) is 0 Å². The molecule has 164 valence electrons. The molecule has 0 heterocycles. The highest BCUT2D eigenvalue weighted by Gasteiger charge is 2.70. The first-order valence-electron chi connectivity index (χ1n) is 10.5. The predicted molar refractivity (Wildman–Crippen MR) is 104 cm³/mol. The molecular weight excluding hydrogens is 352 g/mol. The van der Waals surface area contributed by atoms with Crippen molar-refractivity contribution >= 4 is 0 Å². The summed E-state index contributed by atoms with van der Waals surface area (Å²) in [5.74, 6) is -5.40.